The number of rotatable bonds is 20. The Hall–Kier alpha value is -1.41. The Morgan fingerprint density at radius 2 is 0.800 bits per heavy atom. The molecule has 17 N–H and O–H groups in total. The van der Waals surface area contributed by atoms with E-state index in [9.17, 15) is 66.1 Å². The van der Waals surface area contributed by atoms with Gasteiger partial charge in [-0.05, 0) is 6.42 Å². The fourth-order valence-electron chi connectivity index (χ4n) is 6.85. The molecule has 4 aliphatic rings. The molecule has 0 radical (unpaired) electrons. The van der Waals surface area contributed by atoms with E-state index in [1.165, 1.54) is 44.9 Å². The van der Waals surface area contributed by atoms with Gasteiger partial charge in [-0.1, -0.05) is 58.3 Å². The molecule has 4 saturated heterocycles. The Balaban J connectivity index is 0.000000321. The van der Waals surface area contributed by atoms with Crippen molar-refractivity contribution in [2.24, 2.45) is 0 Å². The van der Waals surface area contributed by atoms with Crippen LogP contribution in [0.2, 0.25) is 0 Å². The van der Waals surface area contributed by atoms with Gasteiger partial charge in [-0.2, -0.15) is 0 Å². The number of hydrogen-bond acceptors (Lipinski definition) is 23. The normalized spacial score (nSPS) is 41.6. The standard InChI is InChI=1S/2C12H22O11.C12H24O2/c2*13-1-4-6(16)8(18)9(19)11(21-4)23-12(3-15)10(20)7(17)5(2-14)22-12;1-2-3-4-5-6-7-8-9-10-11-12(13)14/h2*4-11,13-20H,1-3H2;2-11H2,1H3,(H,13,14)/t2*4-,5-,6-,7-,8+,9-,10+,11-,12+;/m11./s1. The summed E-state index contributed by atoms with van der Waals surface area (Å²) in [5.74, 6) is -5.10. The van der Waals surface area contributed by atoms with Crippen molar-refractivity contribution in [1.29, 1.82) is 0 Å². The minimum atomic E-state index is -2.22. The summed E-state index contributed by atoms with van der Waals surface area (Å²) in [6.07, 6.45) is -13.8. The van der Waals surface area contributed by atoms with Crippen molar-refractivity contribution >= 4 is 5.97 Å². The van der Waals surface area contributed by atoms with E-state index in [0.29, 0.717) is 6.42 Å². The average molecular weight is 885 g/mol. The first-order valence-corrected chi connectivity index (χ1v) is 20.1. The van der Waals surface area contributed by atoms with Crippen LogP contribution in [0.25, 0.3) is 0 Å². The lowest BCUT2D eigenvalue weighted by Gasteiger charge is -2.43. The molecule has 4 aliphatic heterocycles. The highest BCUT2D eigenvalue weighted by atomic mass is 16.8. The molecule has 4 heterocycles. The van der Waals surface area contributed by atoms with Gasteiger partial charge in [-0.3, -0.25) is 4.79 Å². The fraction of sp³-hybridized carbons (Fsp3) is 0.972. The van der Waals surface area contributed by atoms with Gasteiger partial charge in [0, 0.05) is 6.42 Å². The maximum absolute atomic E-state index is 10.2. The number of carbonyl (C=O) groups is 1. The van der Waals surface area contributed by atoms with E-state index < -0.39 is 155 Å². The number of carboxylic acid groups (broad SMARTS) is 1. The van der Waals surface area contributed by atoms with Crippen molar-refractivity contribution in [3.63, 3.8) is 0 Å². The van der Waals surface area contributed by atoms with Gasteiger partial charge in [-0.25, -0.2) is 0 Å². The second-order valence-corrected chi connectivity index (χ2v) is 15.1. The molecule has 18 atom stereocenters. The van der Waals surface area contributed by atoms with Gasteiger partial charge in [-0.15, -0.1) is 0 Å². The zero-order valence-electron chi connectivity index (χ0n) is 33.5. The highest BCUT2D eigenvalue weighted by molar-refractivity contribution is 5.66. The number of aliphatic hydroxyl groups excluding tert-OH is 16. The van der Waals surface area contributed by atoms with Gasteiger partial charge < -0.3 is 115 Å². The maximum atomic E-state index is 10.2. The molecular formula is C36H68O24. The third-order valence-corrected chi connectivity index (χ3v) is 10.6. The highest BCUT2D eigenvalue weighted by Gasteiger charge is 2.60. The molecule has 0 spiro atoms. The van der Waals surface area contributed by atoms with Gasteiger partial charge >= 0.3 is 5.97 Å². The van der Waals surface area contributed by atoms with Crippen LogP contribution in [0.4, 0.5) is 0 Å². The second kappa shape index (κ2) is 26.4. The van der Waals surface area contributed by atoms with Crippen LogP contribution in [0.3, 0.4) is 0 Å². The maximum Gasteiger partial charge on any atom is 0.303 e. The number of aliphatic hydroxyl groups is 16. The van der Waals surface area contributed by atoms with E-state index in [1.54, 1.807) is 0 Å². The molecule has 0 aromatic rings. The van der Waals surface area contributed by atoms with E-state index in [2.05, 4.69) is 6.92 Å². The molecular weight excluding hydrogens is 816 g/mol. The third-order valence-electron chi connectivity index (χ3n) is 10.6. The van der Waals surface area contributed by atoms with E-state index >= 15 is 0 Å². The first-order chi connectivity index (χ1) is 28.4. The van der Waals surface area contributed by atoms with Crippen molar-refractivity contribution in [3.05, 3.63) is 0 Å². The second-order valence-electron chi connectivity index (χ2n) is 15.1. The summed E-state index contributed by atoms with van der Waals surface area (Å²) in [6.45, 7) is -2.42. The van der Waals surface area contributed by atoms with Crippen molar-refractivity contribution in [2.45, 2.75) is 181 Å². The molecule has 0 aromatic heterocycles. The highest BCUT2D eigenvalue weighted by Crippen LogP contribution is 2.37. The van der Waals surface area contributed by atoms with Crippen LogP contribution in [-0.4, -0.2) is 242 Å². The lowest BCUT2D eigenvalue weighted by molar-refractivity contribution is -0.383. The Kier molecular flexibility index (Phi) is 24.1. The Morgan fingerprint density at radius 3 is 1.08 bits per heavy atom. The van der Waals surface area contributed by atoms with Crippen LogP contribution in [0.5, 0.6) is 0 Å². The van der Waals surface area contributed by atoms with E-state index in [1.807, 2.05) is 0 Å². The van der Waals surface area contributed by atoms with Gasteiger partial charge in [0.1, 0.15) is 98.7 Å². The minimum Gasteiger partial charge on any atom is -0.481 e. The molecule has 0 amide bonds. The molecule has 24 nitrogen and oxygen atoms in total. The minimum absolute atomic E-state index is 0.343. The molecule has 356 valence electrons. The molecule has 0 aromatic carbocycles. The summed E-state index contributed by atoms with van der Waals surface area (Å²) in [5, 5.41) is 162. The predicted octanol–water partition coefficient (Wildman–Crippen LogP) is -6.80. The molecule has 4 rings (SSSR count). The van der Waals surface area contributed by atoms with Crippen LogP contribution in [0.15, 0.2) is 0 Å². The van der Waals surface area contributed by atoms with Crippen LogP contribution in [0, 0.1) is 0 Å². The zero-order chi connectivity index (χ0) is 45.4. The summed E-state index contributed by atoms with van der Waals surface area (Å²) in [5.41, 5.74) is 0. The van der Waals surface area contributed by atoms with Crippen LogP contribution < -0.4 is 0 Å². The average Bonchev–Trinajstić information content (AvgIpc) is 3.63. The lowest BCUT2D eigenvalue weighted by atomic mass is 9.99. The molecule has 0 unspecified atom stereocenters. The summed E-state index contributed by atoms with van der Waals surface area (Å²) in [6, 6.07) is 0. The van der Waals surface area contributed by atoms with Gasteiger partial charge in [0.25, 0.3) is 0 Å². The van der Waals surface area contributed by atoms with Crippen LogP contribution in [-0.2, 0) is 33.2 Å². The van der Waals surface area contributed by atoms with Gasteiger partial charge in [0.2, 0.25) is 11.6 Å². The molecule has 0 aliphatic carbocycles. The molecule has 4 fully saturated rings. The van der Waals surface area contributed by atoms with Crippen molar-refractivity contribution in [2.75, 3.05) is 39.6 Å². The lowest BCUT2D eigenvalue weighted by Crippen LogP contribution is -2.62. The quantitative estimate of drug-likeness (QED) is 0.0505. The van der Waals surface area contributed by atoms with Crippen molar-refractivity contribution in [1.82, 2.24) is 0 Å². The number of ether oxygens (including phenoxy) is 6. The fourth-order valence-corrected chi connectivity index (χ4v) is 6.85. The van der Waals surface area contributed by atoms with E-state index in [-0.39, 0.29) is 0 Å². The van der Waals surface area contributed by atoms with E-state index in [4.69, 9.17) is 54.0 Å². The summed E-state index contributed by atoms with van der Waals surface area (Å²) in [4.78, 5) is 10.2. The van der Waals surface area contributed by atoms with Crippen molar-refractivity contribution in [3.8, 4) is 0 Å². The Labute approximate surface area is 346 Å². The van der Waals surface area contributed by atoms with Gasteiger partial charge in [0.05, 0.1) is 26.4 Å². The SMILES string of the molecule is CCCCCCCCCCCC(=O)O.OC[C@H]1O[C@@](CO)(O[C@H]2O[C@H](CO)[C@@H](O)[C@H](O)[C@H]2O)[C@@H](O)[C@@H]1O.OC[C@H]1O[C@@](CO)(O[C@H]2O[C@H](CO)[C@@H](O)[C@H](O)[C@H]2O)[C@@H](O)[C@@H]1O. The van der Waals surface area contributed by atoms with Crippen LogP contribution in [0.1, 0.15) is 71.1 Å². The molecule has 24 heteroatoms. The van der Waals surface area contributed by atoms with Gasteiger partial charge in [0.15, 0.2) is 12.6 Å². The number of unbranched alkanes of at least 4 members (excludes halogenated alkanes) is 8. The van der Waals surface area contributed by atoms with Crippen LogP contribution >= 0.6 is 0 Å². The first kappa shape index (κ1) is 54.7. The third kappa shape index (κ3) is 14.0. The monoisotopic (exact) mass is 884 g/mol. The summed E-state index contributed by atoms with van der Waals surface area (Å²) < 4.78 is 30.9. The number of hydrogen-bond donors (Lipinski definition) is 17. The first-order valence-electron chi connectivity index (χ1n) is 20.1. The molecule has 60 heavy (non-hydrogen) atoms. The van der Waals surface area contributed by atoms with Crippen molar-refractivity contribution < 1.29 is 120 Å². The largest absolute Gasteiger partial charge is 0.481 e. The van der Waals surface area contributed by atoms with E-state index in [0.717, 1.165) is 12.8 Å². The Bertz CT molecular complexity index is 1120. The summed E-state index contributed by atoms with van der Waals surface area (Å²) in [7, 11) is 0. The number of carboxylic acids is 1. The molecule has 0 bridgehead atoms. The Morgan fingerprint density at radius 1 is 0.467 bits per heavy atom. The predicted molar refractivity (Wildman–Crippen MR) is 197 cm³/mol. The topological polar surface area (TPSA) is 416 Å². The molecule has 0 saturated carbocycles. The summed E-state index contributed by atoms with van der Waals surface area (Å²) >= 11 is 0. The smallest absolute Gasteiger partial charge is 0.303 e. The number of aliphatic carboxylic acids is 1. The zero-order valence-corrected chi connectivity index (χ0v) is 33.5.